The number of esters is 1. The number of ether oxygens (including phenoxy) is 1. The molecule has 0 heterocycles. The summed E-state index contributed by atoms with van der Waals surface area (Å²) in [6.07, 6.45) is -6.89. The Morgan fingerprint density at radius 2 is 1.61 bits per heavy atom. The second-order valence-corrected chi connectivity index (χ2v) is 5.70. The molecular formula is C10H15F5O2S. The highest BCUT2D eigenvalue weighted by Crippen LogP contribution is 2.38. The summed E-state index contributed by atoms with van der Waals surface area (Å²) in [5, 5.41) is 0. The summed E-state index contributed by atoms with van der Waals surface area (Å²) >= 11 is 0.690. The third-order valence-corrected chi connectivity index (χ3v) is 2.55. The number of alkyl halides is 5. The molecule has 8 heteroatoms. The molecule has 0 bridgehead atoms. The van der Waals surface area contributed by atoms with Crippen molar-refractivity contribution >= 4 is 17.7 Å². The van der Waals surface area contributed by atoms with Crippen LogP contribution in [-0.2, 0) is 9.53 Å². The van der Waals surface area contributed by atoms with Crippen molar-refractivity contribution in [1.82, 2.24) is 0 Å². The number of thioether (sulfide) groups is 1. The van der Waals surface area contributed by atoms with Gasteiger partial charge in [0.15, 0.2) is 0 Å². The Bertz CT molecular complexity index is 283. The molecule has 0 N–H and O–H groups in total. The van der Waals surface area contributed by atoms with Crippen molar-refractivity contribution in [3.63, 3.8) is 0 Å². The van der Waals surface area contributed by atoms with E-state index in [-0.39, 0.29) is 5.75 Å². The van der Waals surface area contributed by atoms with Gasteiger partial charge in [0, 0.05) is 6.42 Å². The number of carbonyl (C=O) groups excluding carboxylic acids is 1. The topological polar surface area (TPSA) is 26.3 Å². The molecule has 0 aliphatic rings. The molecule has 0 spiro atoms. The van der Waals surface area contributed by atoms with E-state index in [1.165, 1.54) is 0 Å². The Hall–Kier alpha value is -0.530. The molecule has 0 fully saturated rings. The van der Waals surface area contributed by atoms with E-state index >= 15 is 0 Å². The predicted octanol–water partition coefficient (Wildman–Crippen LogP) is 3.65. The van der Waals surface area contributed by atoms with Crippen LogP contribution in [0.25, 0.3) is 0 Å². The molecule has 0 amide bonds. The lowest BCUT2D eigenvalue weighted by Gasteiger charge is -2.20. The summed E-state index contributed by atoms with van der Waals surface area (Å²) in [5.74, 6) is -6.06. The van der Waals surface area contributed by atoms with Gasteiger partial charge in [-0.25, -0.2) is 0 Å². The van der Waals surface area contributed by atoms with Gasteiger partial charge in [0.25, 0.3) is 0 Å². The summed E-state index contributed by atoms with van der Waals surface area (Å²) in [4.78, 5) is 11.1. The molecule has 0 aromatic heterocycles. The van der Waals surface area contributed by atoms with Crippen LogP contribution >= 0.6 is 11.8 Å². The summed E-state index contributed by atoms with van der Waals surface area (Å²) in [6, 6.07) is 0. The van der Waals surface area contributed by atoms with Crippen molar-refractivity contribution < 1.29 is 31.5 Å². The quantitative estimate of drug-likeness (QED) is 0.440. The van der Waals surface area contributed by atoms with E-state index in [4.69, 9.17) is 4.74 Å². The van der Waals surface area contributed by atoms with Crippen LogP contribution in [0.15, 0.2) is 0 Å². The first-order chi connectivity index (χ1) is 7.85. The minimum Gasteiger partial charge on any atom is -0.459 e. The van der Waals surface area contributed by atoms with E-state index in [0.29, 0.717) is 11.8 Å². The molecule has 0 atom stereocenters. The first kappa shape index (κ1) is 17.5. The second-order valence-electron chi connectivity index (χ2n) is 4.59. The maximum atomic E-state index is 12.5. The smallest absolute Gasteiger partial charge is 0.453 e. The van der Waals surface area contributed by atoms with Gasteiger partial charge in [-0.3, -0.25) is 4.79 Å². The van der Waals surface area contributed by atoms with Crippen molar-refractivity contribution in [1.29, 1.82) is 0 Å². The minimum atomic E-state index is -5.54. The first-order valence-corrected chi connectivity index (χ1v) is 6.25. The van der Waals surface area contributed by atoms with Crippen molar-refractivity contribution in [3.05, 3.63) is 0 Å². The minimum absolute atomic E-state index is 0.245. The SMILES string of the molecule is CC(C)(C)OC(=O)CSCCC(F)(F)C(F)(F)F. The van der Waals surface area contributed by atoms with Crippen LogP contribution in [-0.4, -0.2) is 35.2 Å². The van der Waals surface area contributed by atoms with Crippen LogP contribution in [0, 0.1) is 0 Å². The van der Waals surface area contributed by atoms with Crippen molar-refractivity contribution in [2.24, 2.45) is 0 Å². The molecule has 0 saturated carbocycles. The Morgan fingerprint density at radius 1 is 1.11 bits per heavy atom. The van der Waals surface area contributed by atoms with E-state index in [1.807, 2.05) is 0 Å². The second kappa shape index (κ2) is 6.08. The van der Waals surface area contributed by atoms with Gasteiger partial charge in [-0.05, 0) is 26.5 Å². The molecule has 0 unspecified atom stereocenters. The molecule has 0 aromatic rings. The fourth-order valence-corrected chi connectivity index (χ4v) is 1.64. The molecule has 0 saturated heterocycles. The molecule has 108 valence electrons. The van der Waals surface area contributed by atoms with E-state index in [2.05, 4.69) is 0 Å². The summed E-state index contributed by atoms with van der Waals surface area (Å²) in [7, 11) is 0. The van der Waals surface area contributed by atoms with Crippen LogP contribution in [0.2, 0.25) is 0 Å². The Balaban J connectivity index is 3.92. The average molecular weight is 294 g/mol. The van der Waals surface area contributed by atoms with Gasteiger partial charge in [0.05, 0.1) is 5.75 Å². The lowest BCUT2D eigenvalue weighted by Crippen LogP contribution is -2.36. The lowest BCUT2D eigenvalue weighted by atomic mass is 10.2. The molecule has 0 rings (SSSR count). The third kappa shape index (κ3) is 7.03. The molecule has 0 aliphatic carbocycles. The van der Waals surface area contributed by atoms with Gasteiger partial charge in [0.1, 0.15) is 5.60 Å². The highest BCUT2D eigenvalue weighted by Gasteiger charge is 2.56. The lowest BCUT2D eigenvalue weighted by molar-refractivity contribution is -0.282. The zero-order valence-corrected chi connectivity index (χ0v) is 11.1. The van der Waals surface area contributed by atoms with Crippen molar-refractivity contribution in [2.45, 2.75) is 44.9 Å². The number of hydrogen-bond donors (Lipinski definition) is 0. The van der Waals surface area contributed by atoms with Crippen molar-refractivity contribution in [2.75, 3.05) is 11.5 Å². The Labute approximate surface area is 106 Å². The average Bonchev–Trinajstić information content (AvgIpc) is 2.07. The third-order valence-electron chi connectivity index (χ3n) is 1.62. The fourth-order valence-electron chi connectivity index (χ4n) is 0.869. The predicted molar refractivity (Wildman–Crippen MR) is 58.8 cm³/mol. The Morgan fingerprint density at radius 3 is 2.00 bits per heavy atom. The van der Waals surface area contributed by atoms with Crippen LogP contribution in [0.5, 0.6) is 0 Å². The monoisotopic (exact) mass is 294 g/mol. The normalized spacial score (nSPS) is 13.6. The first-order valence-electron chi connectivity index (χ1n) is 5.09. The van der Waals surface area contributed by atoms with Crippen LogP contribution < -0.4 is 0 Å². The zero-order chi connectivity index (χ0) is 14.6. The number of halogens is 5. The maximum absolute atomic E-state index is 12.5. The molecule has 0 aliphatic heterocycles. The van der Waals surface area contributed by atoms with Gasteiger partial charge < -0.3 is 4.74 Å². The molecule has 2 nitrogen and oxygen atoms in total. The van der Waals surface area contributed by atoms with Crippen LogP contribution in [0.1, 0.15) is 27.2 Å². The highest BCUT2D eigenvalue weighted by atomic mass is 32.2. The van der Waals surface area contributed by atoms with E-state index in [9.17, 15) is 26.7 Å². The van der Waals surface area contributed by atoms with Gasteiger partial charge in [0.2, 0.25) is 0 Å². The summed E-state index contributed by atoms with van der Waals surface area (Å²) in [5.41, 5.74) is -0.701. The van der Waals surface area contributed by atoms with Gasteiger partial charge >= 0.3 is 18.1 Å². The fraction of sp³-hybridized carbons (Fsp3) is 0.900. The van der Waals surface area contributed by atoms with E-state index in [0.717, 1.165) is 0 Å². The van der Waals surface area contributed by atoms with Crippen LogP contribution in [0.4, 0.5) is 22.0 Å². The molecule has 0 aromatic carbocycles. The number of carbonyl (C=O) groups is 1. The largest absolute Gasteiger partial charge is 0.459 e. The number of hydrogen-bond acceptors (Lipinski definition) is 3. The maximum Gasteiger partial charge on any atom is 0.453 e. The van der Waals surface area contributed by atoms with Crippen LogP contribution in [0.3, 0.4) is 0 Å². The number of rotatable bonds is 5. The standard InChI is InChI=1S/C10H15F5O2S/c1-8(2,3)17-7(16)6-18-5-4-9(11,12)10(13,14)15/h4-6H2,1-3H3. The van der Waals surface area contributed by atoms with Gasteiger partial charge in [-0.15, -0.1) is 11.8 Å². The zero-order valence-electron chi connectivity index (χ0n) is 10.2. The van der Waals surface area contributed by atoms with Gasteiger partial charge in [-0.2, -0.15) is 22.0 Å². The van der Waals surface area contributed by atoms with E-state index in [1.54, 1.807) is 20.8 Å². The highest BCUT2D eigenvalue weighted by molar-refractivity contribution is 7.99. The van der Waals surface area contributed by atoms with Gasteiger partial charge in [-0.1, -0.05) is 0 Å². The Kier molecular flexibility index (Phi) is 5.90. The van der Waals surface area contributed by atoms with E-state index < -0.39 is 35.8 Å². The summed E-state index contributed by atoms with van der Waals surface area (Å²) in [6.45, 7) is 4.90. The van der Waals surface area contributed by atoms with Crippen molar-refractivity contribution in [3.8, 4) is 0 Å². The molecule has 0 radical (unpaired) electrons. The summed E-state index contributed by atoms with van der Waals surface area (Å²) < 4.78 is 65.2. The molecule has 18 heavy (non-hydrogen) atoms. The molecular weight excluding hydrogens is 279 g/mol.